The van der Waals surface area contributed by atoms with Gasteiger partial charge in [0.05, 0.1) is 0 Å². The van der Waals surface area contributed by atoms with Crippen LogP contribution < -0.4 is 5.32 Å². The lowest BCUT2D eigenvalue weighted by Crippen LogP contribution is -2.08. The van der Waals surface area contributed by atoms with Crippen LogP contribution >= 0.6 is 0 Å². The minimum atomic E-state index is 0.391. The van der Waals surface area contributed by atoms with E-state index in [9.17, 15) is 0 Å². The number of hydrogen-bond donors (Lipinski definition) is 1. The van der Waals surface area contributed by atoms with Gasteiger partial charge in [0.1, 0.15) is 0 Å². The zero-order valence-electron chi connectivity index (χ0n) is 7.59. The van der Waals surface area contributed by atoms with Gasteiger partial charge in [-0.05, 0) is 18.8 Å². The summed E-state index contributed by atoms with van der Waals surface area (Å²) in [6, 6.07) is 1.04. The maximum atomic E-state index is 4.94. The van der Waals surface area contributed by atoms with Crippen molar-refractivity contribution in [2.45, 2.75) is 33.2 Å². The van der Waals surface area contributed by atoms with E-state index in [0.29, 0.717) is 23.3 Å². The summed E-state index contributed by atoms with van der Waals surface area (Å²) < 4.78 is 4.94. The standard InChI is InChI=1S/C8H13N3O/c1-5-9-7(12-11-5)10-6-4-8(6,2)3/h6H,4H2,1-3H3,(H,9,10,11). The van der Waals surface area contributed by atoms with E-state index >= 15 is 0 Å². The van der Waals surface area contributed by atoms with Gasteiger partial charge in [0.2, 0.25) is 0 Å². The van der Waals surface area contributed by atoms with Gasteiger partial charge < -0.3 is 9.84 Å². The van der Waals surface area contributed by atoms with E-state index in [0.717, 1.165) is 0 Å². The molecule has 4 nitrogen and oxygen atoms in total. The third-order valence-electron chi connectivity index (χ3n) is 2.34. The van der Waals surface area contributed by atoms with Crippen molar-refractivity contribution in [3.8, 4) is 0 Å². The second kappa shape index (κ2) is 2.21. The molecule has 0 radical (unpaired) electrons. The Balaban J connectivity index is 1.97. The van der Waals surface area contributed by atoms with Gasteiger partial charge in [-0.15, -0.1) is 0 Å². The molecular formula is C8H13N3O. The summed E-state index contributed by atoms with van der Waals surface area (Å²) in [5.41, 5.74) is 0.391. The number of nitrogens with one attached hydrogen (secondary N) is 1. The first kappa shape index (κ1) is 7.58. The minimum Gasteiger partial charge on any atom is -0.334 e. The van der Waals surface area contributed by atoms with Gasteiger partial charge in [0.25, 0.3) is 0 Å². The number of hydrogen-bond acceptors (Lipinski definition) is 4. The summed E-state index contributed by atoms with van der Waals surface area (Å²) in [6.07, 6.45) is 1.18. The smallest absolute Gasteiger partial charge is 0.321 e. The molecule has 1 saturated carbocycles. The highest BCUT2D eigenvalue weighted by Crippen LogP contribution is 2.46. The van der Waals surface area contributed by atoms with Crippen LogP contribution in [0, 0.1) is 12.3 Å². The zero-order valence-corrected chi connectivity index (χ0v) is 7.59. The molecule has 0 amide bonds. The Kier molecular flexibility index (Phi) is 1.40. The lowest BCUT2D eigenvalue weighted by atomic mass is 10.2. The van der Waals surface area contributed by atoms with Crippen LogP contribution in [0.5, 0.6) is 0 Å². The van der Waals surface area contributed by atoms with E-state index in [1.807, 2.05) is 6.92 Å². The maximum absolute atomic E-state index is 4.94. The summed E-state index contributed by atoms with van der Waals surface area (Å²) in [7, 11) is 0. The molecule has 2 rings (SSSR count). The zero-order chi connectivity index (χ0) is 8.77. The fraction of sp³-hybridized carbons (Fsp3) is 0.750. The van der Waals surface area contributed by atoms with Crippen molar-refractivity contribution in [3.05, 3.63) is 5.82 Å². The molecule has 4 heteroatoms. The van der Waals surface area contributed by atoms with Crippen LogP contribution in [0.1, 0.15) is 26.1 Å². The van der Waals surface area contributed by atoms with Gasteiger partial charge in [-0.2, -0.15) is 4.98 Å². The molecule has 1 atom stereocenters. The Morgan fingerprint density at radius 3 is 2.67 bits per heavy atom. The van der Waals surface area contributed by atoms with E-state index in [4.69, 9.17) is 4.52 Å². The molecule has 1 aromatic rings. The van der Waals surface area contributed by atoms with Gasteiger partial charge in [0.15, 0.2) is 5.82 Å². The minimum absolute atomic E-state index is 0.391. The van der Waals surface area contributed by atoms with E-state index in [-0.39, 0.29) is 0 Å². The largest absolute Gasteiger partial charge is 0.334 e. The molecule has 12 heavy (non-hydrogen) atoms. The van der Waals surface area contributed by atoms with Gasteiger partial charge in [0, 0.05) is 6.04 Å². The Morgan fingerprint density at radius 1 is 1.58 bits per heavy atom. The predicted molar refractivity (Wildman–Crippen MR) is 44.8 cm³/mol. The molecule has 66 valence electrons. The molecule has 1 aliphatic rings. The first-order valence-electron chi connectivity index (χ1n) is 4.15. The summed E-state index contributed by atoms with van der Waals surface area (Å²) in [4.78, 5) is 4.07. The van der Waals surface area contributed by atoms with Crippen LogP contribution in [0.3, 0.4) is 0 Å². The Hall–Kier alpha value is -1.06. The van der Waals surface area contributed by atoms with Crippen LogP contribution in [0.2, 0.25) is 0 Å². The molecule has 1 heterocycles. The van der Waals surface area contributed by atoms with Gasteiger partial charge >= 0.3 is 6.01 Å². The molecule has 1 unspecified atom stereocenters. The second-order valence-electron chi connectivity index (χ2n) is 4.04. The topological polar surface area (TPSA) is 51.0 Å². The molecular weight excluding hydrogens is 154 g/mol. The lowest BCUT2D eigenvalue weighted by Gasteiger charge is -2.01. The van der Waals surface area contributed by atoms with Crippen LogP contribution in [0.4, 0.5) is 6.01 Å². The fourth-order valence-electron chi connectivity index (χ4n) is 1.22. The third kappa shape index (κ3) is 1.29. The lowest BCUT2D eigenvalue weighted by molar-refractivity contribution is 0.423. The maximum Gasteiger partial charge on any atom is 0.321 e. The molecule has 0 aliphatic heterocycles. The van der Waals surface area contributed by atoms with E-state index in [1.54, 1.807) is 0 Å². The first-order valence-corrected chi connectivity index (χ1v) is 4.15. The van der Waals surface area contributed by atoms with Crippen molar-refractivity contribution < 1.29 is 4.52 Å². The second-order valence-corrected chi connectivity index (χ2v) is 4.04. The van der Waals surface area contributed by atoms with Crippen LogP contribution in [-0.4, -0.2) is 16.2 Å². The van der Waals surface area contributed by atoms with Crippen LogP contribution in [-0.2, 0) is 0 Å². The van der Waals surface area contributed by atoms with Crippen molar-refractivity contribution in [3.63, 3.8) is 0 Å². The summed E-state index contributed by atoms with van der Waals surface area (Å²) in [6.45, 7) is 6.24. The van der Waals surface area contributed by atoms with Crippen molar-refractivity contribution in [1.29, 1.82) is 0 Å². The van der Waals surface area contributed by atoms with Crippen molar-refractivity contribution in [2.24, 2.45) is 5.41 Å². The molecule has 1 aliphatic carbocycles. The SMILES string of the molecule is Cc1noc(NC2CC2(C)C)n1. The van der Waals surface area contributed by atoms with Crippen LogP contribution in [0.25, 0.3) is 0 Å². The molecule has 0 bridgehead atoms. The van der Waals surface area contributed by atoms with E-state index < -0.39 is 0 Å². The molecule has 1 fully saturated rings. The highest BCUT2D eigenvalue weighted by Gasteiger charge is 2.46. The van der Waals surface area contributed by atoms with Crippen LogP contribution in [0.15, 0.2) is 4.52 Å². The van der Waals surface area contributed by atoms with E-state index in [2.05, 4.69) is 29.3 Å². The van der Waals surface area contributed by atoms with Gasteiger partial charge in [-0.25, -0.2) is 0 Å². The van der Waals surface area contributed by atoms with Crippen molar-refractivity contribution >= 4 is 6.01 Å². The molecule has 1 aromatic heterocycles. The summed E-state index contributed by atoms with van der Waals surface area (Å²) >= 11 is 0. The van der Waals surface area contributed by atoms with Gasteiger partial charge in [-0.1, -0.05) is 19.0 Å². The summed E-state index contributed by atoms with van der Waals surface area (Å²) in [5.74, 6) is 0.677. The molecule has 0 saturated heterocycles. The highest BCUT2D eigenvalue weighted by atomic mass is 16.5. The Morgan fingerprint density at radius 2 is 2.25 bits per heavy atom. The normalized spacial score (nSPS) is 25.4. The quantitative estimate of drug-likeness (QED) is 0.726. The molecule has 0 spiro atoms. The molecule has 1 N–H and O–H groups in total. The number of nitrogens with zero attached hydrogens (tertiary/aromatic N) is 2. The molecule has 0 aromatic carbocycles. The van der Waals surface area contributed by atoms with Gasteiger partial charge in [-0.3, -0.25) is 0 Å². The average molecular weight is 167 g/mol. The first-order chi connectivity index (χ1) is 5.58. The van der Waals surface area contributed by atoms with Crippen molar-refractivity contribution in [2.75, 3.05) is 5.32 Å². The Bertz CT molecular complexity index is 292. The fourth-order valence-corrected chi connectivity index (χ4v) is 1.22. The van der Waals surface area contributed by atoms with Crippen molar-refractivity contribution in [1.82, 2.24) is 10.1 Å². The highest BCUT2D eigenvalue weighted by molar-refractivity contribution is 5.27. The summed E-state index contributed by atoms with van der Waals surface area (Å²) in [5, 5.41) is 6.88. The predicted octanol–water partition coefficient (Wildman–Crippen LogP) is 1.59. The third-order valence-corrected chi connectivity index (χ3v) is 2.34. The number of anilines is 1. The number of rotatable bonds is 2. The number of aromatic nitrogens is 2. The monoisotopic (exact) mass is 167 g/mol. The van der Waals surface area contributed by atoms with E-state index in [1.165, 1.54) is 6.42 Å². The average Bonchev–Trinajstić information content (AvgIpc) is 2.41. The Labute approximate surface area is 71.4 Å². The number of aryl methyl sites for hydroxylation is 1.